The van der Waals surface area contributed by atoms with Gasteiger partial charge in [0.1, 0.15) is 5.75 Å². The van der Waals surface area contributed by atoms with E-state index in [9.17, 15) is 13.2 Å². The maximum atomic E-state index is 13.1. The highest BCUT2D eigenvalue weighted by Gasteiger charge is 2.27. The molecule has 0 radical (unpaired) electrons. The number of sulfonamides is 1. The van der Waals surface area contributed by atoms with E-state index in [-0.39, 0.29) is 16.2 Å². The van der Waals surface area contributed by atoms with Gasteiger partial charge in [-0.15, -0.1) is 0 Å². The Morgan fingerprint density at radius 2 is 1.77 bits per heavy atom. The summed E-state index contributed by atoms with van der Waals surface area (Å²) in [7, 11) is -3.74. The van der Waals surface area contributed by atoms with E-state index in [4.69, 9.17) is 14.7 Å². The molecule has 1 fully saturated rings. The Balaban J connectivity index is 2.00. The highest BCUT2D eigenvalue weighted by molar-refractivity contribution is 7.89. The van der Waals surface area contributed by atoms with Crippen LogP contribution in [-0.4, -0.2) is 58.1 Å². The number of nitrogens with zero attached hydrogens (tertiary/aromatic N) is 3. The van der Waals surface area contributed by atoms with Crippen molar-refractivity contribution in [3.05, 3.63) is 53.6 Å². The fraction of sp³-hybridized carbons (Fsp3) is 0.364. The number of anilines is 1. The van der Waals surface area contributed by atoms with Gasteiger partial charge in [-0.2, -0.15) is 9.57 Å². The van der Waals surface area contributed by atoms with E-state index < -0.39 is 16.0 Å². The Bertz CT molecular complexity index is 1070. The van der Waals surface area contributed by atoms with Crippen molar-refractivity contribution < 1.29 is 22.7 Å². The molecule has 0 N–H and O–H groups in total. The summed E-state index contributed by atoms with van der Waals surface area (Å²) in [5, 5.41) is 8.93. The fourth-order valence-corrected chi connectivity index (χ4v) is 4.88. The largest absolute Gasteiger partial charge is 0.423 e. The smallest absolute Gasteiger partial charge is 0.345 e. The van der Waals surface area contributed by atoms with Crippen LogP contribution in [0.15, 0.2) is 47.4 Å². The minimum Gasteiger partial charge on any atom is -0.423 e. The van der Waals surface area contributed by atoms with Gasteiger partial charge in [-0.05, 0) is 42.5 Å². The van der Waals surface area contributed by atoms with Gasteiger partial charge in [0.05, 0.1) is 41.0 Å². The van der Waals surface area contributed by atoms with Gasteiger partial charge in [0, 0.05) is 26.2 Å². The number of benzene rings is 2. The molecular weight excluding hydrogens is 418 g/mol. The van der Waals surface area contributed by atoms with E-state index >= 15 is 0 Å². The number of hydrogen-bond acceptors (Lipinski definition) is 7. The van der Waals surface area contributed by atoms with E-state index in [0.29, 0.717) is 50.6 Å². The standard InChI is InChI=1S/C22H25N3O5S/c1-3-25(4-2)31(27,28)19-9-10-21(24-11-13-29-14-12-24)20(15-19)22(26)30-18-7-5-17(16-23)6-8-18/h5-10,15H,3-4,11-14H2,1-2H3. The molecule has 1 aliphatic rings. The molecule has 0 unspecified atom stereocenters. The molecule has 31 heavy (non-hydrogen) atoms. The van der Waals surface area contributed by atoms with Crippen LogP contribution >= 0.6 is 0 Å². The number of hydrogen-bond donors (Lipinski definition) is 0. The first-order chi connectivity index (χ1) is 14.9. The van der Waals surface area contributed by atoms with Gasteiger partial charge in [-0.1, -0.05) is 13.8 Å². The van der Waals surface area contributed by atoms with E-state index in [0.717, 1.165) is 0 Å². The van der Waals surface area contributed by atoms with Crippen molar-refractivity contribution in [2.24, 2.45) is 0 Å². The lowest BCUT2D eigenvalue weighted by Crippen LogP contribution is -2.37. The molecule has 9 heteroatoms. The first kappa shape index (κ1) is 22.7. The Hall–Kier alpha value is -2.93. The monoisotopic (exact) mass is 443 g/mol. The van der Waals surface area contributed by atoms with Gasteiger partial charge in [0.25, 0.3) is 0 Å². The lowest BCUT2D eigenvalue weighted by molar-refractivity contribution is 0.0734. The molecule has 0 aromatic heterocycles. The third kappa shape index (κ3) is 5.05. The molecule has 8 nitrogen and oxygen atoms in total. The summed E-state index contributed by atoms with van der Waals surface area (Å²) in [6, 6.07) is 12.7. The van der Waals surface area contributed by atoms with Crippen LogP contribution in [0.2, 0.25) is 0 Å². The molecule has 164 valence electrons. The van der Waals surface area contributed by atoms with Crippen molar-refractivity contribution in [2.45, 2.75) is 18.7 Å². The van der Waals surface area contributed by atoms with Crippen molar-refractivity contribution in [3.8, 4) is 11.8 Å². The lowest BCUT2D eigenvalue weighted by Gasteiger charge is -2.30. The molecule has 1 saturated heterocycles. The van der Waals surface area contributed by atoms with Crippen LogP contribution in [0.3, 0.4) is 0 Å². The zero-order valence-electron chi connectivity index (χ0n) is 17.6. The van der Waals surface area contributed by atoms with Gasteiger partial charge in [0.15, 0.2) is 0 Å². The molecule has 0 amide bonds. The quantitative estimate of drug-likeness (QED) is 0.479. The summed E-state index contributed by atoms with van der Waals surface area (Å²) >= 11 is 0. The zero-order chi connectivity index (χ0) is 22.4. The number of rotatable bonds is 7. The van der Waals surface area contributed by atoms with Crippen LogP contribution in [0.5, 0.6) is 5.75 Å². The fourth-order valence-electron chi connectivity index (χ4n) is 3.39. The van der Waals surface area contributed by atoms with Crippen LogP contribution in [0, 0.1) is 11.3 Å². The topological polar surface area (TPSA) is 99.9 Å². The molecule has 0 atom stereocenters. The molecule has 1 aliphatic heterocycles. The minimum atomic E-state index is -3.74. The number of morpholine rings is 1. The van der Waals surface area contributed by atoms with Crippen LogP contribution in [0.4, 0.5) is 5.69 Å². The highest BCUT2D eigenvalue weighted by atomic mass is 32.2. The lowest BCUT2D eigenvalue weighted by atomic mass is 10.1. The van der Waals surface area contributed by atoms with Crippen LogP contribution in [-0.2, 0) is 14.8 Å². The minimum absolute atomic E-state index is 0.0417. The van der Waals surface area contributed by atoms with Crippen molar-refractivity contribution in [3.63, 3.8) is 0 Å². The normalized spacial score (nSPS) is 14.3. The van der Waals surface area contributed by atoms with Crippen LogP contribution in [0.25, 0.3) is 0 Å². The first-order valence-electron chi connectivity index (χ1n) is 10.1. The molecule has 2 aromatic rings. The predicted molar refractivity (Wildman–Crippen MR) is 116 cm³/mol. The second-order valence-corrected chi connectivity index (χ2v) is 8.83. The highest BCUT2D eigenvalue weighted by Crippen LogP contribution is 2.28. The summed E-state index contributed by atoms with van der Waals surface area (Å²) in [5.74, 6) is -0.392. The average molecular weight is 444 g/mol. The molecule has 0 saturated carbocycles. The van der Waals surface area contributed by atoms with E-state index in [1.54, 1.807) is 32.0 Å². The Labute approximate surface area is 182 Å². The third-order valence-electron chi connectivity index (χ3n) is 5.08. The molecule has 0 bridgehead atoms. The zero-order valence-corrected chi connectivity index (χ0v) is 18.4. The van der Waals surface area contributed by atoms with Gasteiger partial charge >= 0.3 is 5.97 Å². The van der Waals surface area contributed by atoms with Gasteiger partial charge in [-0.3, -0.25) is 0 Å². The van der Waals surface area contributed by atoms with Gasteiger partial charge in [0.2, 0.25) is 10.0 Å². The Kier molecular flexibility index (Phi) is 7.28. The van der Waals surface area contributed by atoms with Crippen molar-refractivity contribution in [1.82, 2.24) is 4.31 Å². The molecule has 0 spiro atoms. The Morgan fingerprint density at radius 1 is 1.13 bits per heavy atom. The summed E-state index contributed by atoms with van der Waals surface area (Å²) < 4.78 is 38.2. The maximum Gasteiger partial charge on any atom is 0.345 e. The van der Waals surface area contributed by atoms with Crippen molar-refractivity contribution >= 4 is 21.7 Å². The number of carbonyl (C=O) groups is 1. The Morgan fingerprint density at radius 3 is 2.35 bits per heavy atom. The number of nitriles is 1. The predicted octanol–water partition coefficient (Wildman–Crippen LogP) is 2.64. The molecule has 3 rings (SSSR count). The second kappa shape index (κ2) is 9.92. The summed E-state index contributed by atoms with van der Waals surface area (Å²) in [4.78, 5) is 15.1. The molecular formula is C22H25N3O5S. The molecule has 1 heterocycles. The number of esters is 1. The average Bonchev–Trinajstić information content (AvgIpc) is 2.80. The summed E-state index contributed by atoms with van der Waals surface area (Å²) in [6.45, 7) is 6.39. The summed E-state index contributed by atoms with van der Waals surface area (Å²) in [5.41, 5.74) is 1.21. The number of carbonyl (C=O) groups excluding carboxylic acids is 1. The van der Waals surface area contributed by atoms with Gasteiger partial charge < -0.3 is 14.4 Å². The molecule has 2 aromatic carbocycles. The van der Waals surface area contributed by atoms with Crippen LogP contribution in [0.1, 0.15) is 29.8 Å². The van der Waals surface area contributed by atoms with Crippen LogP contribution < -0.4 is 9.64 Å². The van der Waals surface area contributed by atoms with Gasteiger partial charge in [-0.25, -0.2) is 13.2 Å². The maximum absolute atomic E-state index is 13.1. The first-order valence-corrected chi connectivity index (χ1v) is 11.5. The van der Waals surface area contributed by atoms with Crippen molar-refractivity contribution in [2.75, 3.05) is 44.3 Å². The SMILES string of the molecule is CCN(CC)S(=O)(=O)c1ccc(N2CCOCC2)c(C(=O)Oc2ccc(C#N)cc2)c1. The van der Waals surface area contributed by atoms with Crippen molar-refractivity contribution in [1.29, 1.82) is 5.26 Å². The van der Waals surface area contributed by atoms with E-state index in [1.807, 2.05) is 11.0 Å². The second-order valence-electron chi connectivity index (χ2n) is 6.89. The van der Waals surface area contributed by atoms with E-state index in [1.165, 1.54) is 28.6 Å². The van der Waals surface area contributed by atoms with E-state index in [2.05, 4.69) is 0 Å². The third-order valence-corrected chi connectivity index (χ3v) is 7.12. The number of ether oxygens (including phenoxy) is 2. The molecule has 0 aliphatic carbocycles. The summed E-state index contributed by atoms with van der Waals surface area (Å²) in [6.07, 6.45) is 0.